The van der Waals surface area contributed by atoms with Gasteiger partial charge in [-0.05, 0) is 36.1 Å². The quantitative estimate of drug-likeness (QED) is 0.850. The summed E-state index contributed by atoms with van der Waals surface area (Å²) in [5.41, 5.74) is -0.255. The zero-order valence-corrected chi connectivity index (χ0v) is 11.9. The molecular weight excluding hydrogens is 262 g/mol. The van der Waals surface area contributed by atoms with Crippen molar-refractivity contribution < 1.29 is 9.90 Å². The number of carbonyl (C=O) groups is 1. The highest BCUT2D eigenvalue weighted by molar-refractivity contribution is 6.07. The van der Waals surface area contributed by atoms with Crippen molar-refractivity contribution in [1.82, 2.24) is 5.32 Å². The molecule has 0 heterocycles. The molecule has 3 rings (SSSR count). The smallest absolute Gasteiger partial charge is 0.252 e. The summed E-state index contributed by atoms with van der Waals surface area (Å²) in [6.45, 7) is 0.256. The Labute approximate surface area is 124 Å². The standard InChI is InChI=1S/C18H19NO2/c20-17(19-13-18(21)11-4-1-5-12-18)16-10-6-8-14-7-2-3-9-15(14)16/h2-4,6-11,21H,1,5,12-13H2,(H,19,20)/t18-/m0/s1. The van der Waals surface area contributed by atoms with Crippen LogP contribution in [0.25, 0.3) is 10.8 Å². The van der Waals surface area contributed by atoms with Crippen molar-refractivity contribution in [2.75, 3.05) is 6.54 Å². The van der Waals surface area contributed by atoms with E-state index in [2.05, 4.69) is 5.32 Å². The van der Waals surface area contributed by atoms with Gasteiger partial charge < -0.3 is 10.4 Å². The van der Waals surface area contributed by atoms with Gasteiger partial charge in [-0.1, -0.05) is 48.6 Å². The van der Waals surface area contributed by atoms with E-state index in [1.807, 2.05) is 48.5 Å². The number of fused-ring (bicyclic) bond motifs is 1. The van der Waals surface area contributed by atoms with Crippen molar-refractivity contribution in [3.05, 3.63) is 60.2 Å². The van der Waals surface area contributed by atoms with E-state index < -0.39 is 5.60 Å². The van der Waals surface area contributed by atoms with Gasteiger partial charge in [0.15, 0.2) is 0 Å². The minimum Gasteiger partial charge on any atom is -0.384 e. The van der Waals surface area contributed by atoms with Crippen LogP contribution in [0.3, 0.4) is 0 Å². The van der Waals surface area contributed by atoms with Crippen molar-refractivity contribution in [3.63, 3.8) is 0 Å². The van der Waals surface area contributed by atoms with E-state index in [4.69, 9.17) is 0 Å². The number of aliphatic hydroxyl groups is 1. The van der Waals surface area contributed by atoms with Crippen molar-refractivity contribution >= 4 is 16.7 Å². The lowest BCUT2D eigenvalue weighted by Crippen LogP contribution is -2.42. The molecule has 2 N–H and O–H groups in total. The predicted octanol–water partition coefficient (Wildman–Crippen LogP) is 3.04. The number of benzene rings is 2. The first-order valence-corrected chi connectivity index (χ1v) is 7.34. The fourth-order valence-corrected chi connectivity index (χ4v) is 2.81. The van der Waals surface area contributed by atoms with Crippen molar-refractivity contribution in [3.8, 4) is 0 Å². The lowest BCUT2D eigenvalue weighted by Gasteiger charge is -2.27. The van der Waals surface area contributed by atoms with E-state index in [9.17, 15) is 9.90 Å². The van der Waals surface area contributed by atoms with Crippen LogP contribution in [-0.4, -0.2) is 23.2 Å². The minimum atomic E-state index is -0.904. The van der Waals surface area contributed by atoms with Crippen LogP contribution >= 0.6 is 0 Å². The topological polar surface area (TPSA) is 49.3 Å². The Balaban J connectivity index is 1.78. The molecular formula is C18H19NO2. The highest BCUT2D eigenvalue weighted by atomic mass is 16.3. The molecule has 0 spiro atoms. The van der Waals surface area contributed by atoms with Gasteiger partial charge >= 0.3 is 0 Å². The van der Waals surface area contributed by atoms with Gasteiger partial charge in [0.2, 0.25) is 0 Å². The third kappa shape index (κ3) is 2.98. The summed E-state index contributed by atoms with van der Waals surface area (Å²) in [5, 5.41) is 15.2. The molecule has 1 amide bonds. The fourth-order valence-electron chi connectivity index (χ4n) is 2.81. The third-order valence-electron chi connectivity index (χ3n) is 4.00. The Morgan fingerprint density at radius 3 is 2.81 bits per heavy atom. The summed E-state index contributed by atoms with van der Waals surface area (Å²) in [6.07, 6.45) is 6.43. The van der Waals surface area contributed by atoms with Gasteiger partial charge in [-0.3, -0.25) is 4.79 Å². The predicted molar refractivity (Wildman–Crippen MR) is 84.2 cm³/mol. The van der Waals surface area contributed by atoms with Gasteiger partial charge in [0.05, 0.1) is 12.1 Å². The number of hydrogen-bond donors (Lipinski definition) is 2. The van der Waals surface area contributed by atoms with Crippen molar-refractivity contribution in [2.45, 2.75) is 24.9 Å². The molecule has 2 aromatic rings. The zero-order valence-electron chi connectivity index (χ0n) is 11.9. The number of rotatable bonds is 3. The minimum absolute atomic E-state index is 0.140. The molecule has 3 nitrogen and oxygen atoms in total. The first-order valence-electron chi connectivity index (χ1n) is 7.34. The molecule has 2 aromatic carbocycles. The van der Waals surface area contributed by atoms with Gasteiger partial charge in [0.25, 0.3) is 5.91 Å². The lowest BCUT2D eigenvalue weighted by molar-refractivity contribution is 0.0661. The van der Waals surface area contributed by atoms with Crippen LogP contribution in [0.5, 0.6) is 0 Å². The summed E-state index contributed by atoms with van der Waals surface area (Å²) in [4.78, 5) is 12.4. The Morgan fingerprint density at radius 2 is 2.00 bits per heavy atom. The molecule has 0 radical (unpaired) electrons. The molecule has 3 heteroatoms. The van der Waals surface area contributed by atoms with Crippen molar-refractivity contribution in [1.29, 1.82) is 0 Å². The normalized spacial score (nSPS) is 21.4. The number of amides is 1. The van der Waals surface area contributed by atoms with E-state index in [0.717, 1.165) is 23.6 Å². The molecule has 21 heavy (non-hydrogen) atoms. The van der Waals surface area contributed by atoms with Gasteiger partial charge in [0, 0.05) is 5.56 Å². The number of allylic oxidation sites excluding steroid dienone is 1. The Kier molecular flexibility index (Phi) is 3.76. The lowest BCUT2D eigenvalue weighted by atomic mass is 9.91. The third-order valence-corrected chi connectivity index (χ3v) is 4.00. The summed E-state index contributed by atoms with van der Waals surface area (Å²) in [5.74, 6) is -0.140. The maximum Gasteiger partial charge on any atom is 0.252 e. The van der Waals surface area contributed by atoms with Gasteiger partial charge in [-0.15, -0.1) is 0 Å². The molecule has 0 fully saturated rings. The average molecular weight is 281 g/mol. The summed E-state index contributed by atoms with van der Waals surface area (Å²) in [6, 6.07) is 13.5. The largest absolute Gasteiger partial charge is 0.384 e. The van der Waals surface area contributed by atoms with E-state index in [0.29, 0.717) is 12.0 Å². The maximum atomic E-state index is 12.4. The highest BCUT2D eigenvalue weighted by Crippen LogP contribution is 2.22. The number of carbonyl (C=O) groups excluding carboxylic acids is 1. The van der Waals surface area contributed by atoms with Crippen LogP contribution < -0.4 is 5.32 Å². The molecule has 0 saturated heterocycles. The first kappa shape index (κ1) is 13.8. The van der Waals surface area contributed by atoms with Gasteiger partial charge in [0.1, 0.15) is 0 Å². The SMILES string of the molecule is O=C(NC[C@]1(O)C=CCCC1)c1cccc2ccccc12. The summed E-state index contributed by atoms with van der Waals surface area (Å²) >= 11 is 0. The second-order valence-corrected chi connectivity index (χ2v) is 5.61. The molecule has 0 unspecified atom stereocenters. The van der Waals surface area contributed by atoms with Crippen molar-refractivity contribution in [2.24, 2.45) is 0 Å². The van der Waals surface area contributed by atoms with E-state index in [-0.39, 0.29) is 12.5 Å². The molecule has 1 atom stereocenters. The second-order valence-electron chi connectivity index (χ2n) is 5.61. The van der Waals surface area contributed by atoms with E-state index in [1.165, 1.54) is 0 Å². The first-order chi connectivity index (χ1) is 10.2. The monoisotopic (exact) mass is 281 g/mol. The maximum absolute atomic E-state index is 12.4. The summed E-state index contributed by atoms with van der Waals surface area (Å²) < 4.78 is 0. The van der Waals surface area contributed by atoms with Gasteiger partial charge in [-0.25, -0.2) is 0 Å². The van der Waals surface area contributed by atoms with Crippen LogP contribution in [0.15, 0.2) is 54.6 Å². The van der Waals surface area contributed by atoms with E-state index in [1.54, 1.807) is 6.08 Å². The Morgan fingerprint density at radius 1 is 1.19 bits per heavy atom. The molecule has 0 aliphatic heterocycles. The molecule has 108 valence electrons. The number of nitrogens with one attached hydrogen (secondary N) is 1. The Bertz CT molecular complexity index is 687. The molecule has 1 aliphatic rings. The van der Waals surface area contributed by atoms with Crippen LogP contribution in [0.4, 0.5) is 0 Å². The average Bonchev–Trinajstić information content (AvgIpc) is 2.53. The van der Waals surface area contributed by atoms with Crippen LogP contribution in [0.2, 0.25) is 0 Å². The second kappa shape index (κ2) is 5.70. The van der Waals surface area contributed by atoms with E-state index >= 15 is 0 Å². The highest BCUT2D eigenvalue weighted by Gasteiger charge is 2.26. The van der Waals surface area contributed by atoms with Crippen LogP contribution in [-0.2, 0) is 0 Å². The zero-order chi connectivity index (χ0) is 14.7. The summed E-state index contributed by atoms with van der Waals surface area (Å²) in [7, 11) is 0. The fraction of sp³-hybridized carbons (Fsp3) is 0.278. The van der Waals surface area contributed by atoms with Crippen LogP contribution in [0, 0.1) is 0 Å². The molecule has 0 saturated carbocycles. The molecule has 0 bridgehead atoms. The van der Waals surface area contributed by atoms with Gasteiger partial charge in [-0.2, -0.15) is 0 Å². The molecule has 0 aromatic heterocycles. The van der Waals surface area contributed by atoms with Crippen LogP contribution in [0.1, 0.15) is 29.6 Å². The number of hydrogen-bond acceptors (Lipinski definition) is 2. The molecule has 1 aliphatic carbocycles. The Hall–Kier alpha value is -2.13.